The molecule has 0 spiro atoms. The molecule has 1 rings (SSSR count). The normalized spacial score (nSPS) is 20.8. The highest BCUT2D eigenvalue weighted by Gasteiger charge is 2.06. The van der Waals surface area contributed by atoms with Gasteiger partial charge >= 0.3 is 0 Å². The Morgan fingerprint density at radius 3 is 3.00 bits per heavy atom. The molecule has 0 aromatic carbocycles. The van der Waals surface area contributed by atoms with Crippen molar-refractivity contribution in [2.24, 2.45) is 4.99 Å². The second kappa shape index (κ2) is 3.71. The number of hydrogen-bond donors (Lipinski definition) is 1. The topological polar surface area (TPSA) is 32.6 Å². The van der Waals surface area contributed by atoms with Crippen molar-refractivity contribution < 1.29 is 5.11 Å². The van der Waals surface area contributed by atoms with Crippen LogP contribution in [0.15, 0.2) is 4.99 Å². The summed E-state index contributed by atoms with van der Waals surface area (Å²) < 4.78 is 0. The average Bonchev–Trinajstić information content (AvgIpc) is 2.34. The zero-order chi connectivity index (χ0) is 7.40. The first kappa shape index (κ1) is 7.73. The first-order valence-electron chi connectivity index (χ1n) is 3.99. The summed E-state index contributed by atoms with van der Waals surface area (Å²) in [5, 5.41) is 8.96. The summed E-state index contributed by atoms with van der Waals surface area (Å²) in [7, 11) is 0. The molecule has 0 saturated carbocycles. The van der Waals surface area contributed by atoms with Crippen molar-refractivity contribution in [1.82, 2.24) is 0 Å². The fourth-order valence-electron chi connectivity index (χ4n) is 1.18. The number of aliphatic hydroxyl groups is 1. The van der Waals surface area contributed by atoms with Crippen LogP contribution >= 0.6 is 0 Å². The van der Waals surface area contributed by atoms with Crippen LogP contribution in [0, 0.1) is 0 Å². The molecule has 0 fully saturated rings. The van der Waals surface area contributed by atoms with Crippen LogP contribution in [0.4, 0.5) is 0 Å². The van der Waals surface area contributed by atoms with E-state index in [2.05, 4.69) is 4.99 Å². The highest BCUT2D eigenvalue weighted by molar-refractivity contribution is 5.85. The Balaban J connectivity index is 2.13. The van der Waals surface area contributed by atoms with Gasteiger partial charge in [-0.25, -0.2) is 0 Å². The van der Waals surface area contributed by atoms with Gasteiger partial charge in [0.05, 0.1) is 6.10 Å². The van der Waals surface area contributed by atoms with E-state index in [-0.39, 0.29) is 6.10 Å². The molecule has 2 nitrogen and oxygen atoms in total. The molecule has 0 aromatic rings. The largest absolute Gasteiger partial charge is 0.393 e. The summed E-state index contributed by atoms with van der Waals surface area (Å²) in [5.41, 5.74) is 1.31. The summed E-state index contributed by atoms with van der Waals surface area (Å²) in [6.45, 7) is 2.84. The van der Waals surface area contributed by atoms with Gasteiger partial charge in [-0.1, -0.05) is 0 Å². The van der Waals surface area contributed by atoms with Gasteiger partial charge in [0, 0.05) is 12.3 Å². The van der Waals surface area contributed by atoms with E-state index in [1.165, 1.54) is 12.1 Å². The van der Waals surface area contributed by atoms with E-state index in [0.29, 0.717) is 0 Å². The minimum Gasteiger partial charge on any atom is -0.393 e. The minimum atomic E-state index is -0.164. The third-order valence-corrected chi connectivity index (χ3v) is 1.81. The van der Waals surface area contributed by atoms with Crippen molar-refractivity contribution in [3.8, 4) is 0 Å². The van der Waals surface area contributed by atoms with E-state index in [9.17, 15) is 0 Å². The predicted molar refractivity (Wildman–Crippen MR) is 42.5 cm³/mol. The van der Waals surface area contributed by atoms with Crippen molar-refractivity contribution in [2.75, 3.05) is 6.54 Å². The van der Waals surface area contributed by atoms with Gasteiger partial charge in [-0.3, -0.25) is 4.99 Å². The lowest BCUT2D eigenvalue weighted by molar-refractivity contribution is 0.187. The average molecular weight is 141 g/mol. The SMILES string of the molecule is CC(O)CCC1=NCCC1. The van der Waals surface area contributed by atoms with Crippen LogP contribution in [-0.4, -0.2) is 23.5 Å². The zero-order valence-electron chi connectivity index (χ0n) is 6.51. The van der Waals surface area contributed by atoms with Crippen molar-refractivity contribution in [3.05, 3.63) is 0 Å². The molecule has 0 aromatic heterocycles. The standard InChI is InChI=1S/C8H15NO/c1-7(10)4-5-8-3-2-6-9-8/h7,10H,2-6H2,1H3. The molecule has 0 amide bonds. The minimum absolute atomic E-state index is 0.164. The van der Waals surface area contributed by atoms with Gasteiger partial charge in [-0.2, -0.15) is 0 Å². The van der Waals surface area contributed by atoms with Gasteiger partial charge in [0.2, 0.25) is 0 Å². The van der Waals surface area contributed by atoms with Gasteiger partial charge in [0.25, 0.3) is 0 Å². The Morgan fingerprint density at radius 2 is 2.50 bits per heavy atom. The molecular formula is C8H15NO. The van der Waals surface area contributed by atoms with Crippen molar-refractivity contribution >= 4 is 5.71 Å². The Bertz CT molecular complexity index is 129. The van der Waals surface area contributed by atoms with Crippen LogP contribution in [0.2, 0.25) is 0 Å². The highest BCUT2D eigenvalue weighted by atomic mass is 16.3. The lowest BCUT2D eigenvalue weighted by Crippen LogP contribution is -2.03. The molecule has 1 unspecified atom stereocenters. The van der Waals surface area contributed by atoms with Crippen molar-refractivity contribution in [2.45, 2.75) is 38.7 Å². The smallest absolute Gasteiger partial charge is 0.0515 e. The molecule has 58 valence electrons. The second-order valence-corrected chi connectivity index (χ2v) is 2.94. The number of rotatable bonds is 3. The molecule has 10 heavy (non-hydrogen) atoms. The van der Waals surface area contributed by atoms with Crippen LogP contribution in [0.3, 0.4) is 0 Å². The Morgan fingerprint density at radius 1 is 1.70 bits per heavy atom. The van der Waals surface area contributed by atoms with Crippen LogP contribution in [-0.2, 0) is 0 Å². The monoisotopic (exact) mass is 141 g/mol. The maximum atomic E-state index is 8.96. The molecule has 0 radical (unpaired) electrons. The molecule has 1 atom stereocenters. The van der Waals surface area contributed by atoms with E-state index in [0.717, 1.165) is 25.8 Å². The van der Waals surface area contributed by atoms with Crippen LogP contribution < -0.4 is 0 Å². The quantitative estimate of drug-likeness (QED) is 0.632. The zero-order valence-corrected chi connectivity index (χ0v) is 6.51. The van der Waals surface area contributed by atoms with Gasteiger partial charge in [0.15, 0.2) is 0 Å². The second-order valence-electron chi connectivity index (χ2n) is 2.94. The molecule has 0 aliphatic carbocycles. The predicted octanol–water partition coefficient (Wildman–Crippen LogP) is 1.38. The maximum Gasteiger partial charge on any atom is 0.0515 e. The Hall–Kier alpha value is -0.370. The number of hydrogen-bond acceptors (Lipinski definition) is 2. The van der Waals surface area contributed by atoms with Gasteiger partial charge in [0.1, 0.15) is 0 Å². The number of aliphatic imine (C=N–C) groups is 1. The fraction of sp³-hybridized carbons (Fsp3) is 0.875. The van der Waals surface area contributed by atoms with Gasteiger partial charge in [-0.05, 0) is 32.6 Å². The highest BCUT2D eigenvalue weighted by Crippen LogP contribution is 2.09. The molecule has 1 heterocycles. The molecule has 0 saturated heterocycles. The summed E-state index contributed by atoms with van der Waals surface area (Å²) in [5.74, 6) is 0. The van der Waals surface area contributed by atoms with E-state index in [4.69, 9.17) is 5.11 Å². The molecular weight excluding hydrogens is 126 g/mol. The summed E-state index contributed by atoms with van der Waals surface area (Å²) in [6.07, 6.45) is 4.08. The third kappa shape index (κ3) is 2.48. The molecule has 1 aliphatic rings. The number of aliphatic hydroxyl groups excluding tert-OH is 1. The van der Waals surface area contributed by atoms with Crippen molar-refractivity contribution in [3.63, 3.8) is 0 Å². The van der Waals surface area contributed by atoms with E-state index in [1.807, 2.05) is 6.92 Å². The first-order valence-corrected chi connectivity index (χ1v) is 3.99. The van der Waals surface area contributed by atoms with Gasteiger partial charge in [-0.15, -0.1) is 0 Å². The summed E-state index contributed by atoms with van der Waals surface area (Å²) in [4.78, 5) is 4.31. The molecule has 2 heteroatoms. The molecule has 0 bridgehead atoms. The van der Waals surface area contributed by atoms with Gasteiger partial charge < -0.3 is 5.11 Å². The third-order valence-electron chi connectivity index (χ3n) is 1.81. The fourth-order valence-corrected chi connectivity index (χ4v) is 1.18. The summed E-state index contributed by atoms with van der Waals surface area (Å²) >= 11 is 0. The van der Waals surface area contributed by atoms with Crippen LogP contribution in [0.1, 0.15) is 32.6 Å². The Labute approximate surface area is 62.0 Å². The maximum absolute atomic E-state index is 8.96. The lowest BCUT2D eigenvalue weighted by Gasteiger charge is -2.02. The first-order chi connectivity index (χ1) is 4.79. The summed E-state index contributed by atoms with van der Waals surface area (Å²) in [6, 6.07) is 0. The van der Waals surface area contributed by atoms with E-state index < -0.39 is 0 Å². The Kier molecular flexibility index (Phi) is 2.87. The van der Waals surface area contributed by atoms with Crippen molar-refractivity contribution in [1.29, 1.82) is 0 Å². The van der Waals surface area contributed by atoms with Crippen LogP contribution in [0.25, 0.3) is 0 Å². The van der Waals surface area contributed by atoms with E-state index in [1.54, 1.807) is 0 Å². The molecule has 1 N–H and O–H groups in total. The van der Waals surface area contributed by atoms with E-state index >= 15 is 0 Å². The molecule has 1 aliphatic heterocycles. The number of nitrogens with zero attached hydrogens (tertiary/aromatic N) is 1. The van der Waals surface area contributed by atoms with Crippen LogP contribution in [0.5, 0.6) is 0 Å². The lowest BCUT2D eigenvalue weighted by atomic mass is 10.1.